The van der Waals surface area contributed by atoms with Gasteiger partial charge in [-0.15, -0.1) is 13.2 Å². The van der Waals surface area contributed by atoms with Crippen LogP contribution in [-0.4, -0.2) is 60.8 Å². The summed E-state index contributed by atoms with van der Waals surface area (Å²) < 4.78 is 22.2. The van der Waals surface area contributed by atoms with Gasteiger partial charge in [0.1, 0.15) is 17.8 Å². The van der Waals surface area contributed by atoms with E-state index in [1.54, 1.807) is 67.5 Å². The molecule has 0 saturated carbocycles. The van der Waals surface area contributed by atoms with E-state index in [0.717, 1.165) is 0 Å². The van der Waals surface area contributed by atoms with Crippen LogP contribution < -0.4 is 10.6 Å². The molecule has 0 aromatic carbocycles. The monoisotopic (exact) mass is 512 g/mol. The lowest BCUT2D eigenvalue weighted by Crippen LogP contribution is -2.42. The van der Waals surface area contributed by atoms with Crippen molar-refractivity contribution in [2.45, 2.75) is 110 Å². The Labute approximate surface area is 217 Å². The van der Waals surface area contributed by atoms with E-state index in [1.165, 1.54) is 0 Å². The zero-order chi connectivity index (χ0) is 27.9. The highest BCUT2D eigenvalue weighted by Gasteiger charge is 2.31. The number of amides is 2. The number of allylic oxidation sites excluding steroid dienone is 2. The van der Waals surface area contributed by atoms with Gasteiger partial charge in [-0.3, -0.25) is 4.79 Å². The van der Waals surface area contributed by atoms with Crippen molar-refractivity contribution >= 4 is 18.2 Å². The lowest BCUT2D eigenvalue weighted by atomic mass is 9.93. The minimum absolute atomic E-state index is 0.00650. The number of rotatable bonds is 15. The third-order valence-corrected chi connectivity index (χ3v) is 4.65. The van der Waals surface area contributed by atoms with Crippen molar-refractivity contribution in [1.29, 1.82) is 0 Å². The number of carbonyl (C=O) groups excluding carboxylic acids is 3. The van der Waals surface area contributed by atoms with Gasteiger partial charge in [0.05, 0.1) is 30.7 Å². The van der Waals surface area contributed by atoms with Crippen LogP contribution in [0.1, 0.15) is 81.1 Å². The van der Waals surface area contributed by atoms with Crippen LogP contribution in [0.4, 0.5) is 9.59 Å². The molecule has 4 atom stereocenters. The van der Waals surface area contributed by atoms with Gasteiger partial charge in [-0.25, -0.2) is 9.59 Å². The lowest BCUT2D eigenvalue weighted by Gasteiger charge is -2.28. The highest BCUT2D eigenvalue weighted by Crippen LogP contribution is 2.22. The Balaban J connectivity index is 5.13. The van der Waals surface area contributed by atoms with Gasteiger partial charge in [0.2, 0.25) is 0 Å². The van der Waals surface area contributed by atoms with Gasteiger partial charge in [-0.2, -0.15) is 0 Å². The minimum atomic E-state index is -0.624. The molecule has 0 aliphatic heterocycles. The standard InChI is InChI=1S/C27H48N2O7/c1-11-13-15-21(23(30)34-18-20(4)29-25(32)36-27(8,9)10)22(16-14-12-2)33-17-19(3)28-24(31)35-26(5,6)7/h11-12,19-22H,1-2,13-18H2,3-10H3,(H,28,31)(H,29,32). The molecular weight excluding hydrogens is 464 g/mol. The maximum absolute atomic E-state index is 13.1. The first-order valence-corrected chi connectivity index (χ1v) is 12.6. The van der Waals surface area contributed by atoms with Crippen molar-refractivity contribution in [3.8, 4) is 0 Å². The fourth-order valence-corrected chi connectivity index (χ4v) is 3.12. The molecule has 0 heterocycles. The van der Waals surface area contributed by atoms with Crippen molar-refractivity contribution in [2.75, 3.05) is 13.2 Å². The molecule has 0 bridgehead atoms. The number of hydrogen-bond donors (Lipinski definition) is 2. The maximum atomic E-state index is 13.1. The average molecular weight is 513 g/mol. The van der Waals surface area contributed by atoms with E-state index >= 15 is 0 Å². The number of carbonyl (C=O) groups is 3. The summed E-state index contributed by atoms with van der Waals surface area (Å²) in [6.07, 6.45) is 4.25. The molecule has 0 aliphatic carbocycles. The number of esters is 1. The van der Waals surface area contributed by atoms with Crippen LogP contribution in [0.2, 0.25) is 0 Å². The molecule has 0 aromatic heterocycles. The van der Waals surface area contributed by atoms with Gasteiger partial charge in [0, 0.05) is 0 Å². The molecule has 0 spiro atoms. The van der Waals surface area contributed by atoms with Crippen LogP contribution in [-0.2, 0) is 23.7 Å². The highest BCUT2D eigenvalue weighted by molar-refractivity contribution is 5.73. The zero-order valence-electron chi connectivity index (χ0n) is 23.5. The predicted molar refractivity (Wildman–Crippen MR) is 141 cm³/mol. The average Bonchev–Trinajstić information content (AvgIpc) is 2.70. The number of hydrogen-bond acceptors (Lipinski definition) is 7. The van der Waals surface area contributed by atoms with Crippen LogP contribution in [0.5, 0.6) is 0 Å². The first kappa shape index (κ1) is 33.4. The van der Waals surface area contributed by atoms with Crippen LogP contribution in [0.3, 0.4) is 0 Å². The van der Waals surface area contributed by atoms with Crippen molar-refractivity contribution in [2.24, 2.45) is 5.92 Å². The van der Waals surface area contributed by atoms with Crippen molar-refractivity contribution in [1.82, 2.24) is 10.6 Å². The van der Waals surface area contributed by atoms with E-state index < -0.39 is 47.4 Å². The Bertz CT molecular complexity index is 710. The van der Waals surface area contributed by atoms with Crippen molar-refractivity contribution in [3.63, 3.8) is 0 Å². The predicted octanol–water partition coefficient (Wildman–Crippen LogP) is 5.29. The second-order valence-corrected chi connectivity index (χ2v) is 10.9. The van der Waals surface area contributed by atoms with E-state index in [-0.39, 0.29) is 19.3 Å². The van der Waals surface area contributed by atoms with E-state index in [4.69, 9.17) is 18.9 Å². The summed E-state index contributed by atoms with van der Waals surface area (Å²) in [7, 11) is 0. The van der Waals surface area contributed by atoms with Gasteiger partial charge in [-0.1, -0.05) is 12.2 Å². The molecule has 36 heavy (non-hydrogen) atoms. The van der Waals surface area contributed by atoms with Gasteiger partial charge in [-0.05, 0) is 81.1 Å². The summed E-state index contributed by atoms with van der Waals surface area (Å²) >= 11 is 0. The molecule has 0 fully saturated rings. The number of nitrogens with one attached hydrogen (secondary N) is 2. The molecule has 2 N–H and O–H groups in total. The van der Waals surface area contributed by atoms with E-state index in [1.807, 2.05) is 0 Å². The fraction of sp³-hybridized carbons (Fsp3) is 0.741. The summed E-state index contributed by atoms with van der Waals surface area (Å²) in [5, 5.41) is 5.40. The Morgan fingerprint density at radius 2 is 1.22 bits per heavy atom. The zero-order valence-corrected chi connectivity index (χ0v) is 23.5. The Hall–Kier alpha value is -2.55. The van der Waals surface area contributed by atoms with E-state index in [2.05, 4.69) is 23.8 Å². The molecule has 9 nitrogen and oxygen atoms in total. The topological polar surface area (TPSA) is 112 Å². The van der Waals surface area contributed by atoms with Gasteiger partial charge < -0.3 is 29.6 Å². The smallest absolute Gasteiger partial charge is 0.407 e. The quantitative estimate of drug-likeness (QED) is 0.174. The second-order valence-electron chi connectivity index (χ2n) is 10.9. The molecule has 0 radical (unpaired) electrons. The molecule has 4 unspecified atom stereocenters. The third-order valence-electron chi connectivity index (χ3n) is 4.65. The minimum Gasteiger partial charge on any atom is -0.463 e. The fourth-order valence-electron chi connectivity index (χ4n) is 3.12. The Kier molecular flexibility index (Phi) is 15.1. The van der Waals surface area contributed by atoms with Gasteiger partial charge >= 0.3 is 18.2 Å². The number of alkyl carbamates (subject to hydrolysis) is 2. The molecule has 0 aliphatic rings. The van der Waals surface area contributed by atoms with Crippen LogP contribution >= 0.6 is 0 Å². The molecule has 9 heteroatoms. The molecule has 2 amide bonds. The number of ether oxygens (including phenoxy) is 4. The summed E-state index contributed by atoms with van der Waals surface area (Å²) in [5.74, 6) is -0.970. The van der Waals surface area contributed by atoms with Gasteiger partial charge in [0.15, 0.2) is 0 Å². The Morgan fingerprint density at radius 1 is 0.778 bits per heavy atom. The van der Waals surface area contributed by atoms with Crippen LogP contribution in [0, 0.1) is 5.92 Å². The Morgan fingerprint density at radius 3 is 1.67 bits per heavy atom. The third kappa shape index (κ3) is 17.0. The summed E-state index contributed by atoms with van der Waals surface area (Å²) in [6, 6.07) is -0.769. The van der Waals surface area contributed by atoms with Gasteiger partial charge in [0.25, 0.3) is 0 Å². The van der Waals surface area contributed by atoms with E-state index in [9.17, 15) is 14.4 Å². The molecule has 0 aromatic rings. The summed E-state index contributed by atoms with van der Waals surface area (Å²) in [4.78, 5) is 37.1. The van der Waals surface area contributed by atoms with Crippen LogP contribution in [0.15, 0.2) is 25.3 Å². The molecular formula is C27H48N2O7. The summed E-state index contributed by atoms with van der Waals surface area (Å²) in [5.41, 5.74) is -1.23. The highest BCUT2D eigenvalue weighted by atomic mass is 16.6. The maximum Gasteiger partial charge on any atom is 0.407 e. The van der Waals surface area contributed by atoms with E-state index in [0.29, 0.717) is 25.7 Å². The first-order valence-electron chi connectivity index (χ1n) is 12.6. The van der Waals surface area contributed by atoms with Crippen LogP contribution in [0.25, 0.3) is 0 Å². The second kappa shape index (κ2) is 16.2. The largest absolute Gasteiger partial charge is 0.463 e. The molecule has 208 valence electrons. The molecule has 0 rings (SSSR count). The summed E-state index contributed by atoms with van der Waals surface area (Å²) in [6.45, 7) is 21.9. The molecule has 0 saturated heterocycles. The first-order chi connectivity index (χ1) is 16.6. The lowest BCUT2D eigenvalue weighted by molar-refractivity contribution is -0.156. The SMILES string of the molecule is C=CCCC(OCC(C)NC(=O)OC(C)(C)C)C(CCC=C)C(=O)OCC(C)NC(=O)OC(C)(C)C. The van der Waals surface area contributed by atoms with Crippen molar-refractivity contribution in [3.05, 3.63) is 25.3 Å². The van der Waals surface area contributed by atoms with Crippen molar-refractivity contribution < 1.29 is 33.3 Å². The normalized spacial score (nSPS) is 15.0.